The van der Waals surface area contributed by atoms with E-state index in [1.165, 1.54) is 17.5 Å². The van der Waals surface area contributed by atoms with Crippen molar-refractivity contribution in [3.05, 3.63) is 35.4 Å². The van der Waals surface area contributed by atoms with Crippen LogP contribution in [0.25, 0.3) is 0 Å². The quantitative estimate of drug-likeness (QED) is 0.802. The van der Waals surface area contributed by atoms with Crippen LogP contribution in [0.15, 0.2) is 24.3 Å². The molecule has 82 valence electrons. The molecule has 0 spiro atoms. The number of aryl methyl sites for hydroxylation is 1. The van der Waals surface area contributed by atoms with Crippen LogP contribution in [0.4, 0.5) is 0 Å². The van der Waals surface area contributed by atoms with E-state index < -0.39 is 0 Å². The van der Waals surface area contributed by atoms with Crippen LogP contribution in [-0.4, -0.2) is 11.7 Å². The lowest BCUT2D eigenvalue weighted by molar-refractivity contribution is 0.207. The van der Waals surface area contributed by atoms with Crippen LogP contribution in [0.2, 0.25) is 0 Å². The first-order valence-electron chi connectivity index (χ1n) is 5.74. The second kappa shape index (κ2) is 3.64. The van der Waals surface area contributed by atoms with Gasteiger partial charge in [-0.05, 0) is 36.2 Å². The molecule has 2 rings (SSSR count). The van der Waals surface area contributed by atoms with Gasteiger partial charge >= 0.3 is 0 Å². The number of aliphatic hydroxyl groups is 1. The van der Waals surface area contributed by atoms with E-state index in [9.17, 15) is 5.11 Å². The third-order valence-corrected chi connectivity index (χ3v) is 3.99. The minimum atomic E-state index is 0.185. The first-order chi connectivity index (χ1) is 7.07. The zero-order chi connectivity index (χ0) is 11.1. The minimum absolute atomic E-state index is 0.185. The molecule has 0 bridgehead atoms. The first kappa shape index (κ1) is 10.7. The summed E-state index contributed by atoms with van der Waals surface area (Å²) < 4.78 is 0. The van der Waals surface area contributed by atoms with E-state index in [4.69, 9.17) is 0 Å². The third-order valence-electron chi connectivity index (χ3n) is 3.99. The molecule has 3 atom stereocenters. The van der Waals surface area contributed by atoms with E-state index in [1.807, 2.05) is 0 Å². The highest BCUT2D eigenvalue weighted by molar-refractivity contribution is 5.26. The smallest absolute Gasteiger partial charge is 0.0487 e. The maximum Gasteiger partial charge on any atom is 0.0487 e. The van der Waals surface area contributed by atoms with E-state index >= 15 is 0 Å². The topological polar surface area (TPSA) is 20.2 Å². The van der Waals surface area contributed by atoms with Gasteiger partial charge in [-0.1, -0.05) is 43.7 Å². The molecule has 15 heavy (non-hydrogen) atoms. The van der Waals surface area contributed by atoms with Gasteiger partial charge in [-0.3, -0.25) is 0 Å². The molecule has 1 aromatic rings. The van der Waals surface area contributed by atoms with Crippen LogP contribution in [0, 0.1) is 18.3 Å². The van der Waals surface area contributed by atoms with Crippen molar-refractivity contribution in [3.63, 3.8) is 0 Å². The lowest BCUT2D eigenvalue weighted by Gasteiger charge is -2.15. The Hall–Kier alpha value is -0.820. The molecule has 1 aliphatic rings. The fourth-order valence-corrected chi connectivity index (χ4v) is 2.51. The van der Waals surface area contributed by atoms with Gasteiger partial charge in [-0.2, -0.15) is 0 Å². The number of rotatable bonds is 3. The molecular formula is C14H20O. The molecule has 0 radical (unpaired) electrons. The average Bonchev–Trinajstić information content (AvgIpc) is 2.92. The fraction of sp³-hybridized carbons (Fsp3) is 0.571. The Balaban J connectivity index is 2.10. The summed E-state index contributed by atoms with van der Waals surface area (Å²) in [6, 6.07) is 8.78. The molecule has 1 heteroatoms. The second-order valence-corrected chi connectivity index (χ2v) is 5.32. The van der Waals surface area contributed by atoms with Gasteiger partial charge in [0.15, 0.2) is 0 Å². The third kappa shape index (κ3) is 1.93. The van der Waals surface area contributed by atoms with Crippen molar-refractivity contribution in [1.29, 1.82) is 0 Å². The van der Waals surface area contributed by atoms with Gasteiger partial charge in [-0.25, -0.2) is 0 Å². The summed E-state index contributed by atoms with van der Waals surface area (Å²) in [6.45, 7) is 6.90. The van der Waals surface area contributed by atoms with Gasteiger partial charge in [0.1, 0.15) is 0 Å². The first-order valence-corrected chi connectivity index (χ1v) is 5.74. The molecule has 0 aromatic heterocycles. The maximum atomic E-state index is 9.28. The summed E-state index contributed by atoms with van der Waals surface area (Å²) in [6.07, 6.45) is 1.17. The van der Waals surface area contributed by atoms with Crippen LogP contribution in [0.3, 0.4) is 0 Å². The monoisotopic (exact) mass is 204 g/mol. The van der Waals surface area contributed by atoms with Crippen molar-refractivity contribution in [1.82, 2.24) is 0 Å². The molecule has 0 saturated heterocycles. The van der Waals surface area contributed by atoms with Gasteiger partial charge in [0, 0.05) is 6.61 Å². The number of aliphatic hydroxyl groups excluding tert-OH is 1. The predicted molar refractivity (Wildman–Crippen MR) is 62.9 cm³/mol. The Morgan fingerprint density at radius 3 is 2.47 bits per heavy atom. The van der Waals surface area contributed by atoms with Crippen molar-refractivity contribution in [2.24, 2.45) is 11.3 Å². The van der Waals surface area contributed by atoms with Crippen LogP contribution in [-0.2, 0) is 0 Å². The summed E-state index contributed by atoms with van der Waals surface area (Å²) in [7, 11) is 0. The molecule has 1 unspecified atom stereocenters. The highest BCUT2D eigenvalue weighted by atomic mass is 16.3. The van der Waals surface area contributed by atoms with E-state index in [1.54, 1.807) is 0 Å². The molecule has 0 aliphatic heterocycles. The fourth-order valence-electron chi connectivity index (χ4n) is 2.51. The largest absolute Gasteiger partial charge is 0.396 e. The van der Waals surface area contributed by atoms with E-state index in [-0.39, 0.29) is 5.41 Å². The molecule has 1 fully saturated rings. The molecule has 1 aliphatic carbocycles. The summed E-state index contributed by atoms with van der Waals surface area (Å²) >= 11 is 0. The summed E-state index contributed by atoms with van der Waals surface area (Å²) in [5.41, 5.74) is 2.90. The summed E-state index contributed by atoms with van der Waals surface area (Å²) in [5.74, 6) is 1.23. The zero-order valence-electron chi connectivity index (χ0n) is 9.83. The Morgan fingerprint density at radius 2 is 2.00 bits per heavy atom. The Morgan fingerprint density at radius 1 is 1.40 bits per heavy atom. The number of hydrogen-bond donors (Lipinski definition) is 1. The van der Waals surface area contributed by atoms with Crippen molar-refractivity contribution in [3.8, 4) is 0 Å². The Kier molecular flexibility index (Phi) is 2.59. The van der Waals surface area contributed by atoms with Crippen LogP contribution in [0.5, 0.6) is 0 Å². The van der Waals surface area contributed by atoms with E-state index in [0.29, 0.717) is 18.4 Å². The molecule has 0 amide bonds. The van der Waals surface area contributed by atoms with Gasteiger partial charge in [0.25, 0.3) is 0 Å². The lowest BCUT2D eigenvalue weighted by atomic mass is 9.91. The SMILES string of the molecule is Cc1ccc(C(C)[C@@H]2C[C@@]2(C)CO)cc1. The van der Waals surface area contributed by atoms with Crippen LogP contribution in [0.1, 0.15) is 37.3 Å². The number of hydrogen-bond acceptors (Lipinski definition) is 1. The highest BCUT2D eigenvalue weighted by Gasteiger charge is 2.52. The second-order valence-electron chi connectivity index (χ2n) is 5.32. The standard InChI is InChI=1S/C14H20O/c1-10-4-6-12(7-5-10)11(2)13-8-14(13,3)9-15/h4-7,11,13,15H,8-9H2,1-3H3/t11?,13-,14-/m0/s1. The van der Waals surface area contributed by atoms with Crippen molar-refractivity contribution in [2.45, 2.75) is 33.1 Å². The molecular weight excluding hydrogens is 184 g/mol. The van der Waals surface area contributed by atoms with Crippen molar-refractivity contribution < 1.29 is 5.11 Å². The Labute approximate surface area is 92.1 Å². The van der Waals surface area contributed by atoms with Crippen molar-refractivity contribution in [2.75, 3.05) is 6.61 Å². The molecule has 1 aromatic carbocycles. The van der Waals surface area contributed by atoms with Crippen LogP contribution >= 0.6 is 0 Å². The van der Waals surface area contributed by atoms with Gasteiger partial charge < -0.3 is 5.11 Å². The minimum Gasteiger partial charge on any atom is -0.396 e. The highest BCUT2D eigenvalue weighted by Crippen LogP contribution is 2.58. The van der Waals surface area contributed by atoms with Crippen molar-refractivity contribution >= 4 is 0 Å². The zero-order valence-corrected chi connectivity index (χ0v) is 9.83. The van der Waals surface area contributed by atoms with E-state index in [2.05, 4.69) is 45.0 Å². The van der Waals surface area contributed by atoms with Gasteiger partial charge in [0.05, 0.1) is 0 Å². The molecule has 1 N–H and O–H groups in total. The summed E-state index contributed by atoms with van der Waals surface area (Å²) in [4.78, 5) is 0. The maximum absolute atomic E-state index is 9.28. The Bertz CT molecular complexity index is 341. The van der Waals surface area contributed by atoms with Gasteiger partial charge in [-0.15, -0.1) is 0 Å². The summed E-state index contributed by atoms with van der Waals surface area (Å²) in [5, 5.41) is 9.28. The van der Waals surface area contributed by atoms with E-state index in [0.717, 1.165) is 0 Å². The molecule has 0 heterocycles. The lowest BCUT2D eigenvalue weighted by Crippen LogP contribution is -2.08. The average molecular weight is 204 g/mol. The van der Waals surface area contributed by atoms with Gasteiger partial charge in [0.2, 0.25) is 0 Å². The normalized spacial score (nSPS) is 31.3. The predicted octanol–water partition coefficient (Wildman–Crippen LogP) is 3.12. The van der Waals surface area contributed by atoms with Crippen LogP contribution < -0.4 is 0 Å². The molecule has 1 nitrogen and oxygen atoms in total. The molecule has 1 saturated carbocycles. The number of benzene rings is 1.